The number of carbonyl (C=O) groups excluding carboxylic acids is 1. The predicted octanol–water partition coefficient (Wildman–Crippen LogP) is 4.10. The molecule has 0 bridgehead atoms. The maximum atomic E-state index is 13.0. The van der Waals surface area contributed by atoms with Gasteiger partial charge in [0.2, 0.25) is 10.0 Å². The van der Waals surface area contributed by atoms with Gasteiger partial charge in [-0.3, -0.25) is 4.79 Å². The molecular weight excluding hydrogens is 392 g/mol. The maximum absolute atomic E-state index is 13.0. The number of nitrogens with one attached hydrogen (secondary N) is 1. The average molecular weight is 421 g/mol. The van der Waals surface area contributed by atoms with E-state index in [1.807, 2.05) is 32.0 Å². The zero-order valence-electron chi connectivity index (χ0n) is 16.5. The summed E-state index contributed by atoms with van der Waals surface area (Å²) >= 11 is 1.51. The molecule has 1 aliphatic heterocycles. The van der Waals surface area contributed by atoms with Crippen LogP contribution in [0.25, 0.3) is 10.1 Å². The Morgan fingerprint density at radius 2 is 1.89 bits per heavy atom. The van der Waals surface area contributed by atoms with E-state index in [0.717, 1.165) is 52.6 Å². The van der Waals surface area contributed by atoms with Gasteiger partial charge in [0.05, 0.1) is 10.1 Å². The number of rotatable bonds is 5. The quantitative estimate of drug-likeness (QED) is 0.792. The zero-order valence-corrected chi connectivity index (χ0v) is 18.1. The van der Waals surface area contributed by atoms with Crippen LogP contribution in [0.4, 0.5) is 0 Å². The van der Waals surface area contributed by atoms with Gasteiger partial charge in [0.1, 0.15) is 0 Å². The minimum Gasteiger partial charge on any atom is -0.349 e. The van der Waals surface area contributed by atoms with Crippen molar-refractivity contribution in [1.29, 1.82) is 0 Å². The average Bonchev–Trinajstić information content (AvgIpc) is 3.38. The lowest BCUT2D eigenvalue weighted by atomic mass is 9.95. The summed E-state index contributed by atoms with van der Waals surface area (Å²) < 4.78 is 28.8. The predicted molar refractivity (Wildman–Crippen MR) is 115 cm³/mol. The maximum Gasteiger partial charge on any atom is 0.261 e. The highest BCUT2D eigenvalue weighted by atomic mass is 32.2. The van der Waals surface area contributed by atoms with Crippen LogP contribution in [-0.4, -0.2) is 43.0 Å². The molecule has 2 aromatic rings. The second-order valence-corrected chi connectivity index (χ2v) is 11.5. The van der Waals surface area contributed by atoms with E-state index in [1.165, 1.54) is 11.3 Å². The first kappa shape index (κ1) is 19.9. The van der Waals surface area contributed by atoms with Gasteiger partial charge in [0, 0.05) is 29.7 Å². The van der Waals surface area contributed by atoms with Gasteiger partial charge in [-0.15, -0.1) is 11.3 Å². The van der Waals surface area contributed by atoms with Gasteiger partial charge < -0.3 is 5.32 Å². The third-order valence-corrected chi connectivity index (χ3v) is 9.45. The second-order valence-electron chi connectivity index (χ2n) is 8.26. The first-order chi connectivity index (χ1) is 13.4. The summed E-state index contributed by atoms with van der Waals surface area (Å²) in [6, 6.07) is 8.13. The Bertz CT molecular complexity index is 975. The Balaban J connectivity index is 1.66. The molecule has 0 radical (unpaired) electrons. The molecule has 1 N–H and O–H groups in total. The van der Waals surface area contributed by atoms with E-state index in [0.29, 0.717) is 13.1 Å². The Morgan fingerprint density at radius 1 is 1.18 bits per heavy atom. The summed E-state index contributed by atoms with van der Waals surface area (Å²) in [6.07, 6.45) is 4.36. The van der Waals surface area contributed by atoms with Gasteiger partial charge in [0.25, 0.3) is 5.91 Å². The van der Waals surface area contributed by atoms with Crippen molar-refractivity contribution < 1.29 is 13.2 Å². The fraction of sp³-hybridized carbons (Fsp3) is 0.571. The molecule has 1 saturated heterocycles. The van der Waals surface area contributed by atoms with E-state index in [2.05, 4.69) is 11.4 Å². The van der Waals surface area contributed by atoms with Gasteiger partial charge in [-0.2, -0.15) is 0 Å². The van der Waals surface area contributed by atoms with Crippen molar-refractivity contribution in [2.75, 3.05) is 13.1 Å². The van der Waals surface area contributed by atoms with E-state index in [-0.39, 0.29) is 23.1 Å². The minimum atomic E-state index is -3.23. The fourth-order valence-corrected chi connectivity index (χ4v) is 7.85. The van der Waals surface area contributed by atoms with Crippen LogP contribution in [0.2, 0.25) is 0 Å². The third kappa shape index (κ3) is 3.60. The molecule has 2 aliphatic rings. The molecule has 2 fully saturated rings. The molecule has 1 aliphatic carbocycles. The van der Waals surface area contributed by atoms with Crippen molar-refractivity contribution in [2.45, 2.75) is 63.2 Å². The van der Waals surface area contributed by atoms with E-state index in [1.54, 1.807) is 4.31 Å². The van der Waals surface area contributed by atoms with Crippen LogP contribution in [0.1, 0.15) is 67.1 Å². The number of thiophene rings is 1. The monoisotopic (exact) mass is 420 g/mol. The van der Waals surface area contributed by atoms with Crippen LogP contribution in [0, 0.1) is 0 Å². The summed E-state index contributed by atoms with van der Waals surface area (Å²) in [5.74, 6) is 0.0172. The second kappa shape index (κ2) is 7.76. The number of nitrogens with zero attached hydrogens (tertiary/aromatic N) is 1. The van der Waals surface area contributed by atoms with E-state index in [9.17, 15) is 13.2 Å². The van der Waals surface area contributed by atoms with E-state index >= 15 is 0 Å². The molecule has 1 amide bonds. The van der Waals surface area contributed by atoms with Crippen molar-refractivity contribution in [3.05, 3.63) is 34.7 Å². The van der Waals surface area contributed by atoms with Crippen molar-refractivity contribution in [3.8, 4) is 0 Å². The van der Waals surface area contributed by atoms with Crippen molar-refractivity contribution >= 4 is 37.4 Å². The molecule has 2 heterocycles. The highest BCUT2D eigenvalue weighted by Gasteiger charge is 2.40. The van der Waals surface area contributed by atoms with Gasteiger partial charge in [-0.1, -0.05) is 31.0 Å². The van der Waals surface area contributed by atoms with E-state index < -0.39 is 10.0 Å². The molecule has 1 saturated carbocycles. The molecule has 1 atom stereocenters. The normalized spacial score (nSPS) is 21.8. The highest BCUT2D eigenvalue weighted by Crippen LogP contribution is 2.41. The number of fused-ring (bicyclic) bond motifs is 1. The van der Waals surface area contributed by atoms with Crippen LogP contribution in [0.15, 0.2) is 24.3 Å². The number of hydrogen-bond acceptors (Lipinski definition) is 4. The largest absolute Gasteiger partial charge is 0.349 e. The molecule has 28 heavy (non-hydrogen) atoms. The van der Waals surface area contributed by atoms with Crippen LogP contribution >= 0.6 is 11.3 Å². The summed E-state index contributed by atoms with van der Waals surface area (Å²) in [5, 5.41) is 3.89. The number of sulfonamides is 1. The molecule has 4 rings (SSSR count). The molecule has 152 valence electrons. The third-order valence-electron chi connectivity index (χ3n) is 5.90. The molecular formula is C21H28N2O3S2. The highest BCUT2D eigenvalue weighted by molar-refractivity contribution is 7.89. The summed E-state index contributed by atoms with van der Waals surface area (Å²) in [6.45, 7) is 4.95. The number of amides is 1. The Morgan fingerprint density at radius 3 is 2.61 bits per heavy atom. The van der Waals surface area contributed by atoms with Crippen LogP contribution in [0.5, 0.6) is 0 Å². The Kier molecular flexibility index (Phi) is 5.51. The molecule has 1 aromatic carbocycles. The molecule has 1 unspecified atom stereocenters. The van der Waals surface area contributed by atoms with Gasteiger partial charge in [-0.25, -0.2) is 12.7 Å². The molecule has 0 spiro atoms. The van der Waals surface area contributed by atoms with E-state index in [4.69, 9.17) is 0 Å². The summed E-state index contributed by atoms with van der Waals surface area (Å²) in [4.78, 5) is 13.6. The molecule has 1 aromatic heterocycles. The number of hydrogen-bond donors (Lipinski definition) is 1. The van der Waals surface area contributed by atoms with Crippen LogP contribution in [-0.2, 0) is 10.0 Å². The summed E-state index contributed by atoms with van der Waals surface area (Å²) in [7, 11) is -3.23. The minimum absolute atomic E-state index is 0.0525. The summed E-state index contributed by atoms with van der Waals surface area (Å²) in [5.41, 5.74) is 1.03. The lowest BCUT2D eigenvalue weighted by molar-refractivity contribution is 0.0946. The van der Waals surface area contributed by atoms with Crippen molar-refractivity contribution in [3.63, 3.8) is 0 Å². The first-order valence-corrected chi connectivity index (χ1v) is 12.5. The SMILES string of the molecule is CC(C)NC(=O)c1sc2ccccc2c1C1CCN(S(=O)(=O)C2CCCC2)C1. The Hall–Kier alpha value is -1.44. The molecule has 7 heteroatoms. The van der Waals surface area contributed by atoms with Gasteiger partial charge >= 0.3 is 0 Å². The topological polar surface area (TPSA) is 66.5 Å². The fourth-order valence-electron chi connectivity index (χ4n) is 4.56. The van der Waals surface area contributed by atoms with Crippen LogP contribution in [0.3, 0.4) is 0 Å². The van der Waals surface area contributed by atoms with Gasteiger partial charge in [-0.05, 0) is 50.1 Å². The number of benzene rings is 1. The molecule has 5 nitrogen and oxygen atoms in total. The van der Waals surface area contributed by atoms with Crippen molar-refractivity contribution in [2.24, 2.45) is 0 Å². The van der Waals surface area contributed by atoms with Crippen LogP contribution < -0.4 is 5.32 Å². The Labute approximate surface area is 171 Å². The van der Waals surface area contributed by atoms with Crippen molar-refractivity contribution in [1.82, 2.24) is 9.62 Å². The smallest absolute Gasteiger partial charge is 0.261 e. The standard InChI is InChI=1S/C21H28N2O3S2/c1-14(2)22-21(24)20-19(17-9-5-6-10-18(17)27-20)15-11-12-23(13-15)28(25,26)16-7-3-4-8-16/h5-6,9-10,14-16H,3-4,7-8,11-13H2,1-2H3,(H,22,24). The number of carbonyl (C=O) groups is 1. The zero-order chi connectivity index (χ0) is 19.9. The lowest BCUT2D eigenvalue weighted by Crippen LogP contribution is -2.36. The first-order valence-electron chi connectivity index (χ1n) is 10.2. The lowest BCUT2D eigenvalue weighted by Gasteiger charge is -2.21. The van der Waals surface area contributed by atoms with Gasteiger partial charge in [0.15, 0.2) is 0 Å².